The van der Waals surface area contributed by atoms with Crippen LogP contribution in [0, 0.1) is 70.1 Å². The second kappa shape index (κ2) is 27.0. The lowest BCUT2D eigenvalue weighted by atomic mass is 9.91. The number of nitro benzene ring substituents is 2. The van der Waals surface area contributed by atoms with Gasteiger partial charge in [0.05, 0.1) is 33.4 Å². The van der Waals surface area contributed by atoms with Crippen molar-refractivity contribution in [2.75, 3.05) is 16.4 Å². The molecular weight excluding hydrogens is 1080 g/mol. The summed E-state index contributed by atoms with van der Waals surface area (Å²) in [7, 11) is 0. The van der Waals surface area contributed by atoms with E-state index in [0.29, 0.717) is 23.5 Å². The molecule has 1 saturated carbocycles. The topological polar surface area (TPSA) is 313 Å². The smallest absolute Gasteiger partial charge is 0.399 e. The van der Waals surface area contributed by atoms with E-state index >= 15 is 0 Å². The molecule has 30 heteroatoms. The zero-order valence-corrected chi connectivity index (χ0v) is 42.8. The molecule has 22 nitrogen and oxygen atoms in total. The van der Waals surface area contributed by atoms with E-state index in [4.69, 9.17) is 17.2 Å². The summed E-state index contributed by atoms with van der Waals surface area (Å²) < 4.78 is 108. The number of benzene rings is 4. The normalized spacial score (nSPS) is 13.6. The van der Waals surface area contributed by atoms with E-state index in [-0.39, 0.29) is 58.0 Å². The van der Waals surface area contributed by atoms with Gasteiger partial charge in [0.15, 0.2) is 34.8 Å². The zero-order chi connectivity index (χ0) is 59.1. The van der Waals surface area contributed by atoms with E-state index in [0.717, 1.165) is 77.9 Å². The van der Waals surface area contributed by atoms with Gasteiger partial charge in [0.2, 0.25) is 5.95 Å². The molecule has 0 unspecified atom stereocenters. The monoisotopic (exact) mass is 1130 g/mol. The standard InChI is InChI=1S/C21H22F4N8O.C10H8FN3O2.C10H10FN3.C6H3F2NO2.C4H6N2/c22-13-9-11(5-6-16(13)33-8-7-17(32-33)21(23,24)25)29-19-12(18(27)34)10-28-20(31-19)30-15-4-2-1-3-14(15)26;1-7-4-5-13(12-7)10-3-2-8(14(15)16)6-9(10)11;1-7-4-5-14(13-7)10-3-2-8(12)6-9(10)11;7-5-2-1-4(9(10)11)3-6(5)8;1-4-2-3-5-6-4/h5-10,14-15H,1-4,26H2,(H2,27,34)(H2,28,29,30,31);2-6H,1H3;2-6H,12H2,1H3;1-3H;2-3H,1H3,(H,5,6)/t14-,15+;;;;/m0..../s1. The Balaban J connectivity index is 0.000000185. The number of nitro groups is 2. The molecule has 0 aliphatic heterocycles. The minimum absolute atomic E-state index is 0.0233. The Kier molecular flexibility index (Phi) is 20.0. The van der Waals surface area contributed by atoms with Gasteiger partial charge in [-0.05, 0) is 106 Å². The van der Waals surface area contributed by atoms with E-state index < -0.39 is 56.6 Å². The number of H-pyrrole nitrogens is 1. The van der Waals surface area contributed by atoms with Gasteiger partial charge in [-0.3, -0.25) is 30.1 Å². The van der Waals surface area contributed by atoms with Crippen molar-refractivity contribution < 1.29 is 49.8 Å². The van der Waals surface area contributed by atoms with E-state index in [1.807, 2.05) is 26.0 Å². The second-order valence-electron chi connectivity index (χ2n) is 17.5. The van der Waals surface area contributed by atoms with Crippen molar-refractivity contribution in [2.45, 2.75) is 64.7 Å². The Morgan fingerprint density at radius 2 is 1.23 bits per heavy atom. The van der Waals surface area contributed by atoms with Gasteiger partial charge in [0.25, 0.3) is 17.3 Å². The predicted molar refractivity (Wildman–Crippen MR) is 280 cm³/mol. The first-order valence-electron chi connectivity index (χ1n) is 23.8. The van der Waals surface area contributed by atoms with Crippen LogP contribution in [0.4, 0.5) is 69.6 Å². The van der Waals surface area contributed by atoms with E-state index in [1.54, 1.807) is 43.7 Å². The largest absolute Gasteiger partial charge is 0.435 e. The third-order valence-corrected chi connectivity index (χ3v) is 11.3. The fourth-order valence-electron chi connectivity index (χ4n) is 7.27. The van der Waals surface area contributed by atoms with Crippen molar-refractivity contribution in [2.24, 2.45) is 11.5 Å². The van der Waals surface area contributed by atoms with Crippen molar-refractivity contribution in [3.63, 3.8) is 0 Å². The van der Waals surface area contributed by atoms with Crippen LogP contribution in [0.2, 0.25) is 0 Å². The lowest BCUT2D eigenvalue weighted by Crippen LogP contribution is -2.43. The van der Waals surface area contributed by atoms with Gasteiger partial charge in [0.1, 0.15) is 28.4 Å². The van der Waals surface area contributed by atoms with Gasteiger partial charge >= 0.3 is 6.18 Å². The number of carbonyl (C=O) groups excluding carboxylic acids is 1. The average molecular weight is 1130 g/mol. The summed E-state index contributed by atoms with van der Waals surface area (Å²) in [6, 6.07) is 20.0. The van der Waals surface area contributed by atoms with Crippen molar-refractivity contribution in [1.82, 2.24) is 49.5 Å². The lowest BCUT2D eigenvalue weighted by Gasteiger charge is -2.29. The van der Waals surface area contributed by atoms with Gasteiger partial charge < -0.3 is 27.8 Å². The van der Waals surface area contributed by atoms with Crippen LogP contribution in [0.5, 0.6) is 0 Å². The Bertz CT molecular complexity index is 3610. The van der Waals surface area contributed by atoms with Crippen LogP contribution in [0.25, 0.3) is 17.1 Å². The number of rotatable bonds is 10. The first-order chi connectivity index (χ1) is 38.4. The summed E-state index contributed by atoms with van der Waals surface area (Å²) in [5, 5.41) is 44.3. The number of nitrogens with zero attached hydrogens (tertiary/aromatic N) is 11. The van der Waals surface area contributed by atoms with Gasteiger partial charge in [-0.25, -0.2) is 41.0 Å². The van der Waals surface area contributed by atoms with Crippen molar-refractivity contribution in [3.05, 3.63) is 206 Å². The molecule has 0 spiro atoms. The summed E-state index contributed by atoms with van der Waals surface area (Å²) in [6.45, 7) is 5.60. The maximum Gasteiger partial charge on any atom is 0.435 e. The minimum atomic E-state index is -4.64. The molecule has 9 N–H and O–H groups in total. The second-order valence-corrected chi connectivity index (χ2v) is 17.5. The predicted octanol–water partition coefficient (Wildman–Crippen LogP) is 10.1. The molecule has 1 amide bonds. The number of amides is 1. The Hall–Kier alpha value is -10.1. The molecule has 0 saturated heterocycles. The maximum atomic E-state index is 14.7. The summed E-state index contributed by atoms with van der Waals surface area (Å²) in [4.78, 5) is 39.2. The highest BCUT2D eigenvalue weighted by atomic mass is 19.4. The summed E-state index contributed by atoms with van der Waals surface area (Å²) in [5.74, 6) is -4.71. The lowest BCUT2D eigenvalue weighted by molar-refractivity contribution is -0.385. The molecule has 1 aliphatic rings. The number of hydrogen-bond acceptors (Lipinski definition) is 15. The van der Waals surface area contributed by atoms with Crippen molar-refractivity contribution in [3.8, 4) is 17.1 Å². The van der Waals surface area contributed by atoms with Crippen LogP contribution in [-0.2, 0) is 6.18 Å². The number of carbonyl (C=O) groups is 1. The molecule has 10 rings (SSSR count). The Morgan fingerprint density at radius 1 is 0.691 bits per heavy atom. The number of nitrogens with two attached hydrogens (primary N) is 3. The molecule has 81 heavy (non-hydrogen) atoms. The Morgan fingerprint density at radius 3 is 1.70 bits per heavy atom. The average Bonchev–Trinajstić information content (AvgIpc) is 4.46. The van der Waals surface area contributed by atoms with Gasteiger partial charge in [-0.15, -0.1) is 0 Å². The molecule has 5 aromatic heterocycles. The molecule has 9 aromatic rings. The molecule has 424 valence electrons. The van der Waals surface area contributed by atoms with E-state index in [1.165, 1.54) is 45.9 Å². The van der Waals surface area contributed by atoms with Crippen molar-refractivity contribution in [1.29, 1.82) is 0 Å². The van der Waals surface area contributed by atoms with Gasteiger partial charge in [0, 0.05) is 72.3 Å². The molecule has 4 aromatic carbocycles. The van der Waals surface area contributed by atoms with Crippen LogP contribution in [0.1, 0.15) is 58.8 Å². The van der Waals surface area contributed by atoms with Gasteiger partial charge in [-0.1, -0.05) is 12.8 Å². The number of halogens is 8. The number of primary amides is 1. The minimum Gasteiger partial charge on any atom is -0.399 e. The van der Waals surface area contributed by atoms with Crippen LogP contribution in [0.3, 0.4) is 0 Å². The number of hydrogen-bond donors (Lipinski definition) is 6. The zero-order valence-electron chi connectivity index (χ0n) is 42.8. The molecule has 0 radical (unpaired) electrons. The number of anilines is 4. The number of aromatic nitrogens is 10. The highest BCUT2D eigenvalue weighted by molar-refractivity contribution is 5.98. The SMILES string of the molecule is Cc1ccn(-c2ccc(N)cc2F)n1.Cc1ccn(-c2ccc([N+](=O)[O-])cc2F)n1.Cc1ccn[nH]1.NC(=O)c1cnc(N[C@@H]2CCCC[C@@H]2N)nc1Nc1ccc(-n2ccc(C(F)(F)F)n2)c(F)c1.O=[N+]([O-])c1ccc(F)c(F)c1. The molecule has 2 atom stereocenters. The van der Waals surface area contributed by atoms with Crippen LogP contribution in [0.15, 0.2) is 128 Å². The molecule has 1 fully saturated rings. The van der Waals surface area contributed by atoms with Crippen LogP contribution >= 0.6 is 0 Å². The number of aryl methyl sites for hydroxylation is 3. The molecular formula is C51H49F8N17O5. The van der Waals surface area contributed by atoms with E-state index in [2.05, 4.69) is 46.1 Å². The number of nitrogen functional groups attached to an aromatic ring is 1. The van der Waals surface area contributed by atoms with E-state index in [9.17, 15) is 60.1 Å². The molecule has 1 aliphatic carbocycles. The third-order valence-electron chi connectivity index (χ3n) is 11.3. The third kappa shape index (κ3) is 16.9. The van der Waals surface area contributed by atoms with Crippen molar-refractivity contribution >= 4 is 40.4 Å². The van der Waals surface area contributed by atoms with Crippen LogP contribution < -0.4 is 27.8 Å². The highest BCUT2D eigenvalue weighted by Crippen LogP contribution is 2.30. The first-order valence-corrected chi connectivity index (χ1v) is 23.8. The number of non-ortho nitro benzene ring substituents is 2. The first kappa shape index (κ1) is 60.1. The van der Waals surface area contributed by atoms with Crippen LogP contribution in [-0.4, -0.2) is 77.3 Å². The van der Waals surface area contributed by atoms with Gasteiger partial charge in [-0.2, -0.15) is 38.5 Å². The number of aromatic amines is 1. The summed E-state index contributed by atoms with van der Waals surface area (Å²) in [6.07, 6.45) is 6.44. The Labute approximate surface area is 453 Å². The number of nitrogens with one attached hydrogen (secondary N) is 3. The highest BCUT2D eigenvalue weighted by Gasteiger charge is 2.34. The maximum absolute atomic E-state index is 14.7. The number of alkyl halides is 3. The fourth-order valence-corrected chi connectivity index (χ4v) is 7.27. The fraction of sp³-hybridized carbons (Fsp3) is 0.196. The quantitative estimate of drug-likeness (QED) is 0.0321. The summed E-state index contributed by atoms with van der Waals surface area (Å²) in [5.41, 5.74) is 18.8. The molecule has 0 bridgehead atoms. The summed E-state index contributed by atoms with van der Waals surface area (Å²) >= 11 is 0. The molecule has 5 heterocycles.